The molecule has 5 nitrogen and oxygen atoms in total. The predicted molar refractivity (Wildman–Crippen MR) is 78.6 cm³/mol. The number of nitrogens with two attached hydrogens (primary N) is 1. The van der Waals surface area contributed by atoms with Gasteiger partial charge in [-0.15, -0.1) is 5.10 Å². The van der Waals surface area contributed by atoms with Gasteiger partial charge in [0.15, 0.2) is 0 Å². The van der Waals surface area contributed by atoms with Crippen molar-refractivity contribution in [1.82, 2.24) is 10.2 Å². The van der Waals surface area contributed by atoms with Gasteiger partial charge in [-0.25, -0.2) is 0 Å². The minimum Gasteiger partial charge on any atom is -0.408 e. The molecule has 2 N–H and O–H groups in total. The molecule has 1 fully saturated rings. The van der Waals surface area contributed by atoms with E-state index in [1.54, 1.807) is 0 Å². The van der Waals surface area contributed by atoms with Crippen molar-refractivity contribution in [3.63, 3.8) is 0 Å². The molecule has 0 radical (unpaired) electrons. The molecule has 0 amide bonds. The van der Waals surface area contributed by atoms with E-state index >= 15 is 0 Å². The molecule has 0 atom stereocenters. The summed E-state index contributed by atoms with van der Waals surface area (Å²) in [6.45, 7) is 2.04. The van der Waals surface area contributed by atoms with Crippen molar-refractivity contribution in [3.8, 4) is 0 Å². The van der Waals surface area contributed by atoms with Crippen LogP contribution in [0.3, 0.4) is 0 Å². The van der Waals surface area contributed by atoms with Crippen LogP contribution in [-0.2, 0) is 12.8 Å². The Morgan fingerprint density at radius 3 is 2.65 bits per heavy atom. The first-order chi connectivity index (χ1) is 9.83. The van der Waals surface area contributed by atoms with Crippen LogP contribution in [0.4, 0.5) is 11.7 Å². The van der Waals surface area contributed by atoms with Crippen molar-refractivity contribution < 1.29 is 4.42 Å². The summed E-state index contributed by atoms with van der Waals surface area (Å²) >= 11 is 0. The minimum absolute atomic E-state index is 0.667. The van der Waals surface area contributed by atoms with Crippen LogP contribution in [-0.4, -0.2) is 23.3 Å². The molecule has 1 aliphatic rings. The highest BCUT2D eigenvalue weighted by Gasteiger charge is 2.16. The van der Waals surface area contributed by atoms with Gasteiger partial charge in [0, 0.05) is 25.2 Å². The summed E-state index contributed by atoms with van der Waals surface area (Å²) in [5.74, 6) is 0.689. The molecule has 0 saturated carbocycles. The fourth-order valence-corrected chi connectivity index (χ4v) is 2.56. The molecule has 0 unspecified atom stereocenters. The minimum atomic E-state index is 0.667. The molecule has 106 valence electrons. The Morgan fingerprint density at radius 1 is 1.05 bits per heavy atom. The summed E-state index contributed by atoms with van der Waals surface area (Å²) in [5, 5.41) is 8.29. The van der Waals surface area contributed by atoms with Crippen LogP contribution < -0.4 is 10.6 Å². The quantitative estimate of drug-likeness (QED) is 0.866. The number of piperidine rings is 1. The van der Waals surface area contributed by atoms with Crippen molar-refractivity contribution in [2.75, 3.05) is 23.7 Å². The number of hydrogen-bond acceptors (Lipinski definition) is 5. The van der Waals surface area contributed by atoms with E-state index in [2.05, 4.69) is 15.1 Å². The van der Waals surface area contributed by atoms with Gasteiger partial charge in [-0.1, -0.05) is 23.3 Å². The third-order valence-corrected chi connectivity index (χ3v) is 3.75. The molecule has 2 aromatic rings. The van der Waals surface area contributed by atoms with Crippen molar-refractivity contribution in [1.29, 1.82) is 0 Å². The Bertz CT molecular complexity index is 561. The average molecular weight is 272 g/mol. The Hall–Kier alpha value is -2.04. The monoisotopic (exact) mass is 272 g/mol. The van der Waals surface area contributed by atoms with Crippen LogP contribution in [0.1, 0.15) is 30.7 Å². The highest BCUT2D eigenvalue weighted by Crippen LogP contribution is 2.19. The smallest absolute Gasteiger partial charge is 0.318 e. The predicted octanol–water partition coefficient (Wildman–Crippen LogP) is 2.43. The molecule has 1 saturated heterocycles. The number of anilines is 2. The number of para-hydroxylation sites is 1. The topological polar surface area (TPSA) is 68.2 Å². The number of hydrogen-bond donors (Lipinski definition) is 1. The lowest BCUT2D eigenvalue weighted by molar-refractivity contribution is 0.460. The van der Waals surface area contributed by atoms with Crippen LogP contribution in [0.5, 0.6) is 0 Å². The molecular formula is C15H20N4O. The lowest BCUT2D eigenvalue weighted by Gasteiger charge is -2.24. The van der Waals surface area contributed by atoms with Gasteiger partial charge in [0.05, 0.1) is 0 Å². The molecule has 0 bridgehead atoms. The molecule has 1 aromatic carbocycles. The lowest BCUT2D eigenvalue weighted by atomic mass is 10.1. The maximum atomic E-state index is 5.93. The summed E-state index contributed by atoms with van der Waals surface area (Å²) < 4.78 is 5.75. The maximum absolute atomic E-state index is 5.93. The summed E-state index contributed by atoms with van der Waals surface area (Å²) in [6.07, 6.45) is 5.27. The number of nitrogens with zero attached hydrogens (tertiary/aromatic N) is 3. The highest BCUT2D eigenvalue weighted by atomic mass is 16.4. The first-order valence-corrected chi connectivity index (χ1v) is 7.23. The van der Waals surface area contributed by atoms with E-state index in [9.17, 15) is 0 Å². The normalized spacial score (nSPS) is 15.5. The van der Waals surface area contributed by atoms with Gasteiger partial charge in [-0.3, -0.25) is 0 Å². The first kappa shape index (κ1) is 13.0. The Labute approximate surface area is 118 Å². The average Bonchev–Trinajstić information content (AvgIpc) is 2.96. The lowest BCUT2D eigenvalue weighted by Crippen LogP contribution is -2.29. The third kappa shape index (κ3) is 2.92. The summed E-state index contributed by atoms with van der Waals surface area (Å²) in [4.78, 5) is 2.18. The second-order valence-electron chi connectivity index (χ2n) is 5.22. The molecule has 20 heavy (non-hydrogen) atoms. The van der Waals surface area contributed by atoms with Gasteiger partial charge >= 0.3 is 6.01 Å². The van der Waals surface area contributed by atoms with Crippen LogP contribution in [0.2, 0.25) is 0 Å². The number of aryl methyl sites for hydroxylation is 2. The fourth-order valence-electron chi connectivity index (χ4n) is 2.56. The largest absolute Gasteiger partial charge is 0.408 e. The van der Waals surface area contributed by atoms with E-state index in [1.165, 1.54) is 19.3 Å². The van der Waals surface area contributed by atoms with Gasteiger partial charge in [0.2, 0.25) is 5.89 Å². The van der Waals surface area contributed by atoms with Crippen molar-refractivity contribution in [2.45, 2.75) is 32.1 Å². The molecule has 0 aliphatic carbocycles. The molecule has 5 heteroatoms. The zero-order valence-corrected chi connectivity index (χ0v) is 11.6. The summed E-state index contributed by atoms with van der Waals surface area (Å²) in [6, 6.07) is 8.57. The highest BCUT2D eigenvalue weighted by molar-refractivity contribution is 5.46. The molecule has 2 heterocycles. The molecule has 0 spiro atoms. The number of aromatic nitrogens is 2. The van der Waals surface area contributed by atoms with Crippen LogP contribution in [0.25, 0.3) is 0 Å². The van der Waals surface area contributed by atoms with Gasteiger partial charge < -0.3 is 15.1 Å². The SMILES string of the molecule is Nc1ccccc1CCc1nnc(N2CCCCC2)o1. The van der Waals surface area contributed by atoms with Gasteiger partial charge in [0.25, 0.3) is 0 Å². The third-order valence-electron chi connectivity index (χ3n) is 3.75. The maximum Gasteiger partial charge on any atom is 0.318 e. The number of benzene rings is 1. The van der Waals surface area contributed by atoms with Crippen molar-refractivity contribution in [2.24, 2.45) is 0 Å². The van der Waals surface area contributed by atoms with Crippen LogP contribution >= 0.6 is 0 Å². The van der Waals surface area contributed by atoms with E-state index in [-0.39, 0.29) is 0 Å². The Balaban J connectivity index is 1.61. The van der Waals surface area contributed by atoms with E-state index < -0.39 is 0 Å². The Kier molecular flexibility index (Phi) is 3.85. The zero-order chi connectivity index (χ0) is 13.8. The van der Waals surface area contributed by atoms with Crippen molar-refractivity contribution in [3.05, 3.63) is 35.7 Å². The second-order valence-corrected chi connectivity index (χ2v) is 5.22. The van der Waals surface area contributed by atoms with E-state index in [0.29, 0.717) is 11.9 Å². The summed E-state index contributed by atoms with van der Waals surface area (Å²) in [5.41, 5.74) is 7.88. The number of nitrogen functional groups attached to an aromatic ring is 1. The molecular weight excluding hydrogens is 252 g/mol. The van der Waals surface area contributed by atoms with Crippen molar-refractivity contribution >= 4 is 11.7 Å². The first-order valence-electron chi connectivity index (χ1n) is 7.23. The van der Waals surface area contributed by atoms with E-state index in [0.717, 1.165) is 37.2 Å². The second kappa shape index (κ2) is 5.94. The van der Waals surface area contributed by atoms with E-state index in [4.69, 9.17) is 10.2 Å². The standard InChI is InChI=1S/C15H20N4O/c16-13-7-3-2-6-12(13)8-9-14-17-18-15(20-14)19-10-4-1-5-11-19/h2-3,6-7H,1,4-5,8-11,16H2. The number of rotatable bonds is 4. The van der Waals surface area contributed by atoms with Crippen LogP contribution in [0.15, 0.2) is 28.7 Å². The molecule has 1 aromatic heterocycles. The van der Waals surface area contributed by atoms with Gasteiger partial charge in [0.1, 0.15) is 0 Å². The fraction of sp³-hybridized carbons (Fsp3) is 0.467. The van der Waals surface area contributed by atoms with Crippen LogP contribution in [0, 0.1) is 0 Å². The summed E-state index contributed by atoms with van der Waals surface area (Å²) in [7, 11) is 0. The van der Waals surface area contributed by atoms with Gasteiger partial charge in [-0.05, 0) is 37.3 Å². The Morgan fingerprint density at radius 2 is 1.85 bits per heavy atom. The molecule has 1 aliphatic heterocycles. The molecule has 3 rings (SSSR count). The van der Waals surface area contributed by atoms with E-state index in [1.807, 2.05) is 24.3 Å². The van der Waals surface area contributed by atoms with Gasteiger partial charge in [-0.2, -0.15) is 0 Å². The zero-order valence-electron chi connectivity index (χ0n) is 11.6.